The van der Waals surface area contributed by atoms with Crippen molar-refractivity contribution in [3.8, 4) is 17.9 Å². The topological polar surface area (TPSA) is 72.6 Å². The van der Waals surface area contributed by atoms with Crippen LogP contribution in [0.2, 0.25) is 5.02 Å². The Labute approximate surface area is 144 Å². The summed E-state index contributed by atoms with van der Waals surface area (Å²) in [6.07, 6.45) is 3.45. The highest BCUT2D eigenvalue weighted by molar-refractivity contribution is 6.31. The first-order valence-electron chi connectivity index (χ1n) is 7.14. The molecule has 0 radical (unpaired) electrons. The Kier molecular flexibility index (Phi) is 4.24. The van der Waals surface area contributed by atoms with Crippen molar-refractivity contribution in [1.82, 2.24) is 4.98 Å². The van der Waals surface area contributed by atoms with Crippen molar-refractivity contribution in [2.24, 2.45) is 0 Å². The number of fused-ring (bicyclic) bond motifs is 1. The van der Waals surface area contributed by atoms with Crippen LogP contribution < -0.4 is 4.74 Å². The van der Waals surface area contributed by atoms with Gasteiger partial charge in [-0.1, -0.05) is 23.7 Å². The molecule has 0 aliphatic carbocycles. The SMILES string of the molecule is COc1cccc(/C=C(\C#N)c2c[nH]c3ccc(Cl)cc23)c1C#N. The quantitative estimate of drug-likeness (QED) is 0.702. The van der Waals surface area contributed by atoms with E-state index in [0.717, 1.165) is 16.5 Å². The Balaban J connectivity index is 2.19. The molecule has 116 valence electrons. The minimum atomic E-state index is 0.394. The third-order valence-corrected chi connectivity index (χ3v) is 3.98. The predicted molar refractivity (Wildman–Crippen MR) is 94.5 cm³/mol. The summed E-state index contributed by atoms with van der Waals surface area (Å²) in [4.78, 5) is 3.13. The van der Waals surface area contributed by atoms with E-state index in [2.05, 4.69) is 17.1 Å². The van der Waals surface area contributed by atoms with Crippen molar-refractivity contribution in [2.75, 3.05) is 7.11 Å². The summed E-state index contributed by atoms with van der Waals surface area (Å²) in [5.41, 5.74) is 3.09. The van der Waals surface area contributed by atoms with Crippen molar-refractivity contribution in [2.45, 2.75) is 0 Å². The fourth-order valence-electron chi connectivity index (χ4n) is 2.60. The predicted octanol–water partition coefficient (Wildman–Crippen LogP) is 4.77. The van der Waals surface area contributed by atoms with E-state index in [1.54, 1.807) is 36.5 Å². The zero-order valence-corrected chi connectivity index (χ0v) is 13.6. The first kappa shape index (κ1) is 15.7. The average Bonchev–Trinajstić information content (AvgIpc) is 3.02. The van der Waals surface area contributed by atoms with Gasteiger partial charge in [0.25, 0.3) is 0 Å². The Bertz CT molecular complexity index is 1030. The second kappa shape index (κ2) is 6.50. The lowest BCUT2D eigenvalue weighted by molar-refractivity contribution is 0.413. The number of benzene rings is 2. The number of halogens is 1. The van der Waals surface area contributed by atoms with Crippen molar-refractivity contribution in [3.05, 3.63) is 64.3 Å². The Morgan fingerprint density at radius 2 is 2.08 bits per heavy atom. The monoisotopic (exact) mass is 333 g/mol. The molecule has 0 spiro atoms. The first-order valence-corrected chi connectivity index (χ1v) is 7.51. The Hall–Kier alpha value is -3.21. The molecule has 0 saturated carbocycles. The molecule has 4 nitrogen and oxygen atoms in total. The van der Waals surface area contributed by atoms with Gasteiger partial charge in [-0.25, -0.2) is 0 Å². The fourth-order valence-corrected chi connectivity index (χ4v) is 2.77. The van der Waals surface area contributed by atoms with Crippen LogP contribution in [-0.4, -0.2) is 12.1 Å². The highest BCUT2D eigenvalue weighted by Crippen LogP contribution is 2.30. The van der Waals surface area contributed by atoms with Gasteiger partial charge in [0.15, 0.2) is 0 Å². The van der Waals surface area contributed by atoms with E-state index in [1.165, 1.54) is 7.11 Å². The minimum Gasteiger partial charge on any atom is -0.495 e. The molecule has 3 rings (SSSR count). The second-order valence-corrected chi connectivity index (χ2v) is 5.53. The zero-order chi connectivity index (χ0) is 17.1. The number of H-pyrrole nitrogens is 1. The lowest BCUT2D eigenvalue weighted by atomic mass is 10.00. The van der Waals surface area contributed by atoms with Gasteiger partial charge in [0.1, 0.15) is 17.4 Å². The Morgan fingerprint density at radius 3 is 2.79 bits per heavy atom. The van der Waals surface area contributed by atoms with E-state index in [1.807, 2.05) is 12.1 Å². The summed E-state index contributed by atoms with van der Waals surface area (Å²) in [5.74, 6) is 0.477. The third kappa shape index (κ3) is 2.72. The van der Waals surface area contributed by atoms with E-state index in [0.29, 0.717) is 27.5 Å². The fraction of sp³-hybridized carbons (Fsp3) is 0.0526. The minimum absolute atomic E-state index is 0.394. The number of nitrogens with zero attached hydrogens (tertiary/aromatic N) is 2. The van der Waals surface area contributed by atoms with Gasteiger partial charge in [-0.2, -0.15) is 10.5 Å². The van der Waals surface area contributed by atoms with Gasteiger partial charge in [0.2, 0.25) is 0 Å². The summed E-state index contributed by atoms with van der Waals surface area (Å²) >= 11 is 6.07. The van der Waals surface area contributed by atoms with E-state index in [9.17, 15) is 10.5 Å². The molecule has 0 saturated heterocycles. The zero-order valence-electron chi connectivity index (χ0n) is 12.8. The number of nitrogens with one attached hydrogen (secondary N) is 1. The highest BCUT2D eigenvalue weighted by Gasteiger charge is 2.12. The lowest BCUT2D eigenvalue weighted by Crippen LogP contribution is -1.91. The van der Waals surface area contributed by atoms with Gasteiger partial charge in [0.05, 0.1) is 18.8 Å². The van der Waals surface area contributed by atoms with Crippen LogP contribution in [0.15, 0.2) is 42.6 Å². The molecule has 24 heavy (non-hydrogen) atoms. The van der Waals surface area contributed by atoms with Gasteiger partial charge in [-0.3, -0.25) is 0 Å². The van der Waals surface area contributed by atoms with Crippen LogP contribution in [0, 0.1) is 22.7 Å². The molecule has 0 bridgehead atoms. The van der Waals surface area contributed by atoms with Crippen molar-refractivity contribution in [3.63, 3.8) is 0 Å². The number of aromatic nitrogens is 1. The highest BCUT2D eigenvalue weighted by atomic mass is 35.5. The maximum absolute atomic E-state index is 9.60. The molecular formula is C19H12ClN3O. The third-order valence-electron chi connectivity index (χ3n) is 3.74. The number of hydrogen-bond acceptors (Lipinski definition) is 3. The molecule has 1 aromatic heterocycles. The molecule has 1 N–H and O–H groups in total. The van der Waals surface area contributed by atoms with Crippen LogP contribution in [0.25, 0.3) is 22.6 Å². The van der Waals surface area contributed by atoms with Crippen LogP contribution in [0.4, 0.5) is 0 Å². The second-order valence-electron chi connectivity index (χ2n) is 5.10. The summed E-state index contributed by atoms with van der Waals surface area (Å²) in [7, 11) is 1.51. The molecule has 0 unspecified atom stereocenters. The van der Waals surface area contributed by atoms with Gasteiger partial charge >= 0.3 is 0 Å². The molecule has 0 fully saturated rings. The standard InChI is InChI=1S/C19H12ClN3O/c1-24-19-4-2-3-12(16(19)10-22)7-13(9-21)17-11-23-18-6-5-14(20)8-15(17)18/h2-8,11,23H,1H3/b13-7+. The van der Waals surface area contributed by atoms with Gasteiger partial charge in [0, 0.05) is 27.7 Å². The number of allylic oxidation sites excluding steroid dienone is 1. The normalized spacial score (nSPS) is 11.1. The molecular weight excluding hydrogens is 322 g/mol. The molecule has 0 amide bonds. The van der Waals surface area contributed by atoms with Gasteiger partial charge in [-0.15, -0.1) is 0 Å². The van der Waals surface area contributed by atoms with Crippen molar-refractivity contribution in [1.29, 1.82) is 10.5 Å². The smallest absolute Gasteiger partial charge is 0.137 e. The summed E-state index contributed by atoms with van der Waals surface area (Å²) in [6.45, 7) is 0. The summed E-state index contributed by atoms with van der Waals surface area (Å²) in [6, 6.07) is 15.1. The van der Waals surface area contributed by atoms with Gasteiger partial charge in [-0.05, 0) is 35.9 Å². The van der Waals surface area contributed by atoms with Crippen LogP contribution in [0.5, 0.6) is 5.75 Å². The molecule has 0 aliphatic rings. The average molecular weight is 334 g/mol. The van der Waals surface area contributed by atoms with Gasteiger partial charge < -0.3 is 9.72 Å². The number of rotatable bonds is 3. The van der Waals surface area contributed by atoms with Crippen LogP contribution in [-0.2, 0) is 0 Å². The number of aromatic amines is 1. The molecule has 5 heteroatoms. The molecule has 3 aromatic rings. The van der Waals surface area contributed by atoms with E-state index in [4.69, 9.17) is 16.3 Å². The molecule has 0 aliphatic heterocycles. The van der Waals surface area contributed by atoms with Crippen LogP contribution in [0.1, 0.15) is 16.7 Å². The summed E-state index contributed by atoms with van der Waals surface area (Å²) < 4.78 is 5.21. The molecule has 2 aromatic carbocycles. The number of ether oxygens (including phenoxy) is 1. The molecule has 1 heterocycles. The maximum Gasteiger partial charge on any atom is 0.137 e. The van der Waals surface area contributed by atoms with Crippen molar-refractivity contribution >= 4 is 34.2 Å². The number of nitriles is 2. The van der Waals surface area contributed by atoms with E-state index >= 15 is 0 Å². The number of methoxy groups -OCH3 is 1. The first-order chi connectivity index (χ1) is 11.7. The van der Waals surface area contributed by atoms with E-state index < -0.39 is 0 Å². The Morgan fingerprint density at radius 1 is 1.25 bits per heavy atom. The number of hydrogen-bond donors (Lipinski definition) is 1. The van der Waals surface area contributed by atoms with E-state index in [-0.39, 0.29) is 0 Å². The van der Waals surface area contributed by atoms with Crippen LogP contribution >= 0.6 is 11.6 Å². The van der Waals surface area contributed by atoms with Crippen LogP contribution in [0.3, 0.4) is 0 Å². The maximum atomic E-state index is 9.60. The molecule has 0 atom stereocenters. The van der Waals surface area contributed by atoms with Crippen molar-refractivity contribution < 1.29 is 4.74 Å². The lowest BCUT2D eigenvalue weighted by Gasteiger charge is -2.06. The largest absolute Gasteiger partial charge is 0.495 e. The summed E-state index contributed by atoms with van der Waals surface area (Å²) in [5, 5.41) is 20.4.